The molecule has 1 nitrogen and oxygen atoms in total. The smallest absolute Gasteiger partial charge is 0.0110 e. The van der Waals surface area contributed by atoms with Crippen molar-refractivity contribution in [2.75, 3.05) is 6.54 Å². The fourth-order valence-electron chi connectivity index (χ4n) is 3.02. The lowest BCUT2D eigenvalue weighted by Crippen LogP contribution is -2.33. The van der Waals surface area contributed by atoms with E-state index in [2.05, 4.69) is 58.1 Å². The lowest BCUT2D eigenvalue weighted by atomic mass is 9.91. The van der Waals surface area contributed by atoms with E-state index >= 15 is 0 Å². The van der Waals surface area contributed by atoms with Gasteiger partial charge in [-0.2, -0.15) is 0 Å². The van der Waals surface area contributed by atoms with Gasteiger partial charge in [0.25, 0.3) is 0 Å². The van der Waals surface area contributed by atoms with Crippen LogP contribution in [0.15, 0.2) is 18.2 Å². The highest BCUT2D eigenvalue weighted by molar-refractivity contribution is 5.29. The van der Waals surface area contributed by atoms with Crippen LogP contribution in [-0.4, -0.2) is 12.6 Å². The number of likely N-dealkylation sites (N-methyl/N-ethyl adjacent to an activating group) is 1. The number of hydrogen-bond donors (Lipinski definition) is 1. The summed E-state index contributed by atoms with van der Waals surface area (Å²) in [5, 5.41) is 3.67. The molecule has 1 N–H and O–H groups in total. The molecule has 1 rings (SSSR count). The molecule has 0 saturated heterocycles. The molecule has 19 heavy (non-hydrogen) atoms. The van der Waals surface area contributed by atoms with Crippen LogP contribution in [0.2, 0.25) is 0 Å². The molecule has 0 aromatic heterocycles. The molecule has 0 heterocycles. The zero-order valence-corrected chi connectivity index (χ0v) is 13.4. The Morgan fingerprint density at radius 3 is 2.00 bits per heavy atom. The van der Waals surface area contributed by atoms with E-state index in [-0.39, 0.29) is 0 Å². The highest BCUT2D eigenvalue weighted by Crippen LogP contribution is 2.19. The van der Waals surface area contributed by atoms with E-state index in [9.17, 15) is 0 Å². The molecule has 1 heteroatoms. The Morgan fingerprint density at radius 2 is 1.53 bits per heavy atom. The van der Waals surface area contributed by atoms with Crippen LogP contribution in [0.3, 0.4) is 0 Å². The monoisotopic (exact) mass is 261 g/mol. The third-order valence-corrected chi connectivity index (χ3v) is 4.03. The van der Waals surface area contributed by atoms with E-state index in [1.165, 1.54) is 36.0 Å². The number of nitrogens with one attached hydrogen (secondary N) is 1. The van der Waals surface area contributed by atoms with Crippen molar-refractivity contribution in [3.63, 3.8) is 0 Å². The van der Waals surface area contributed by atoms with E-state index < -0.39 is 0 Å². The van der Waals surface area contributed by atoms with Gasteiger partial charge in [0.1, 0.15) is 0 Å². The Hall–Kier alpha value is -0.820. The largest absolute Gasteiger partial charge is 0.314 e. The summed E-state index contributed by atoms with van der Waals surface area (Å²) < 4.78 is 0. The summed E-state index contributed by atoms with van der Waals surface area (Å²) >= 11 is 0. The van der Waals surface area contributed by atoms with E-state index in [1.54, 1.807) is 0 Å². The zero-order chi connectivity index (χ0) is 14.3. The summed E-state index contributed by atoms with van der Waals surface area (Å²) in [4.78, 5) is 0. The number of aryl methyl sites for hydroxylation is 2. The van der Waals surface area contributed by atoms with Crippen molar-refractivity contribution in [2.24, 2.45) is 5.92 Å². The molecule has 0 amide bonds. The fraction of sp³-hybridized carbons (Fsp3) is 0.667. The maximum absolute atomic E-state index is 3.67. The van der Waals surface area contributed by atoms with E-state index in [0.717, 1.165) is 18.9 Å². The average Bonchev–Trinajstić information content (AvgIpc) is 2.34. The highest BCUT2D eigenvalue weighted by atomic mass is 14.9. The number of rotatable bonds is 8. The van der Waals surface area contributed by atoms with Crippen LogP contribution >= 0.6 is 0 Å². The molecule has 1 unspecified atom stereocenters. The van der Waals surface area contributed by atoms with Crippen LogP contribution in [0.1, 0.15) is 56.7 Å². The topological polar surface area (TPSA) is 12.0 Å². The minimum Gasteiger partial charge on any atom is -0.314 e. The molecular weight excluding hydrogens is 230 g/mol. The molecule has 0 spiro atoms. The summed E-state index contributed by atoms with van der Waals surface area (Å²) in [5.74, 6) is 0.856. The third kappa shape index (κ3) is 5.78. The van der Waals surface area contributed by atoms with Gasteiger partial charge in [0.05, 0.1) is 0 Å². The Bertz CT molecular complexity index is 346. The Labute approximate surface area is 119 Å². The Kier molecular flexibility index (Phi) is 7.15. The summed E-state index contributed by atoms with van der Waals surface area (Å²) in [6, 6.07) is 7.55. The molecule has 1 atom stereocenters. The predicted molar refractivity (Wildman–Crippen MR) is 85.8 cm³/mol. The van der Waals surface area contributed by atoms with Crippen LogP contribution in [0.5, 0.6) is 0 Å². The maximum atomic E-state index is 3.67. The second kappa shape index (κ2) is 8.37. The molecule has 1 aromatic rings. The predicted octanol–water partition coefficient (Wildman–Crippen LogP) is 4.65. The van der Waals surface area contributed by atoms with E-state index in [4.69, 9.17) is 0 Å². The molecule has 0 saturated carbocycles. The third-order valence-electron chi connectivity index (χ3n) is 4.03. The minimum atomic E-state index is 0.621. The second-order valence-corrected chi connectivity index (χ2v) is 5.87. The van der Waals surface area contributed by atoms with Crippen molar-refractivity contribution >= 4 is 0 Å². The van der Waals surface area contributed by atoms with Gasteiger partial charge in [-0.3, -0.25) is 0 Å². The molecule has 0 fully saturated rings. The molecular formula is C18H31N. The Morgan fingerprint density at radius 1 is 0.947 bits per heavy atom. The van der Waals surface area contributed by atoms with Gasteiger partial charge >= 0.3 is 0 Å². The van der Waals surface area contributed by atoms with Gasteiger partial charge in [0.15, 0.2) is 0 Å². The fourth-order valence-corrected chi connectivity index (χ4v) is 3.02. The van der Waals surface area contributed by atoms with Crippen molar-refractivity contribution in [3.8, 4) is 0 Å². The first-order valence-corrected chi connectivity index (χ1v) is 7.89. The normalized spacial score (nSPS) is 12.9. The van der Waals surface area contributed by atoms with E-state index in [0.29, 0.717) is 6.04 Å². The summed E-state index contributed by atoms with van der Waals surface area (Å²) in [6.07, 6.45) is 5.05. The number of hydrogen-bond acceptors (Lipinski definition) is 1. The molecule has 0 radical (unpaired) electrons. The van der Waals surface area contributed by atoms with Crippen molar-refractivity contribution in [1.82, 2.24) is 5.32 Å². The van der Waals surface area contributed by atoms with Crippen molar-refractivity contribution < 1.29 is 0 Å². The minimum absolute atomic E-state index is 0.621. The van der Waals surface area contributed by atoms with Gasteiger partial charge in [-0.25, -0.2) is 0 Å². The maximum Gasteiger partial charge on any atom is 0.0110 e. The molecule has 0 bridgehead atoms. The van der Waals surface area contributed by atoms with Crippen LogP contribution in [0.25, 0.3) is 0 Å². The molecule has 0 aliphatic heterocycles. The molecule has 1 aromatic carbocycles. The summed E-state index contributed by atoms with van der Waals surface area (Å²) in [5.41, 5.74) is 4.25. The average molecular weight is 261 g/mol. The SMILES string of the molecule is CCNC(Cc1cc(C)cc(C)c1)CC(CC)CC. The van der Waals surface area contributed by atoms with Crippen molar-refractivity contribution in [3.05, 3.63) is 34.9 Å². The standard InChI is InChI=1S/C18H31N/c1-6-16(7-2)12-18(19-8-3)13-17-10-14(4)9-15(5)11-17/h9-11,16,18-19H,6-8,12-13H2,1-5H3. The highest BCUT2D eigenvalue weighted by Gasteiger charge is 2.14. The van der Waals surface area contributed by atoms with Crippen LogP contribution in [0.4, 0.5) is 0 Å². The van der Waals surface area contributed by atoms with Crippen molar-refractivity contribution in [2.45, 2.75) is 66.3 Å². The van der Waals surface area contributed by atoms with Gasteiger partial charge in [0, 0.05) is 6.04 Å². The quantitative estimate of drug-likeness (QED) is 0.718. The lowest BCUT2D eigenvalue weighted by Gasteiger charge is -2.23. The lowest BCUT2D eigenvalue weighted by molar-refractivity contribution is 0.367. The first kappa shape index (κ1) is 16.2. The van der Waals surface area contributed by atoms with Crippen LogP contribution in [-0.2, 0) is 6.42 Å². The van der Waals surface area contributed by atoms with Gasteiger partial charge in [-0.1, -0.05) is 62.9 Å². The van der Waals surface area contributed by atoms with E-state index in [1.807, 2.05) is 0 Å². The first-order chi connectivity index (χ1) is 9.08. The summed E-state index contributed by atoms with van der Waals surface area (Å²) in [6.45, 7) is 12.3. The zero-order valence-electron chi connectivity index (χ0n) is 13.4. The van der Waals surface area contributed by atoms with Crippen LogP contribution in [0, 0.1) is 19.8 Å². The molecule has 0 aliphatic rings. The van der Waals surface area contributed by atoms with Crippen molar-refractivity contribution in [1.29, 1.82) is 0 Å². The Balaban J connectivity index is 2.71. The molecule has 108 valence electrons. The summed E-state index contributed by atoms with van der Waals surface area (Å²) in [7, 11) is 0. The van der Waals surface area contributed by atoms with Crippen LogP contribution < -0.4 is 5.32 Å². The van der Waals surface area contributed by atoms with Gasteiger partial charge in [0.2, 0.25) is 0 Å². The second-order valence-electron chi connectivity index (χ2n) is 5.87. The first-order valence-electron chi connectivity index (χ1n) is 7.89. The van der Waals surface area contributed by atoms with Gasteiger partial charge in [-0.05, 0) is 44.7 Å². The van der Waals surface area contributed by atoms with Gasteiger partial charge < -0.3 is 5.32 Å². The molecule has 0 aliphatic carbocycles. The number of benzene rings is 1. The van der Waals surface area contributed by atoms with Gasteiger partial charge in [-0.15, -0.1) is 0 Å².